The van der Waals surface area contributed by atoms with Crippen LogP contribution >= 0.6 is 15.9 Å². The maximum absolute atomic E-state index is 12.7. The van der Waals surface area contributed by atoms with Crippen molar-refractivity contribution in [3.63, 3.8) is 0 Å². The zero-order valence-electron chi connectivity index (χ0n) is 10.5. The molecule has 0 unspecified atom stereocenters. The van der Waals surface area contributed by atoms with Crippen LogP contribution < -0.4 is 4.74 Å². The second kappa shape index (κ2) is 6.13. The predicted molar refractivity (Wildman–Crippen MR) is 72.0 cm³/mol. The van der Waals surface area contributed by atoms with E-state index in [2.05, 4.69) is 20.9 Å². The summed E-state index contributed by atoms with van der Waals surface area (Å²) in [6.07, 6.45) is 2.45. The number of carbonyl (C=O) groups excluding carboxylic acids is 1. The number of benzene rings is 1. The van der Waals surface area contributed by atoms with Gasteiger partial charge >= 0.3 is 6.55 Å². The molecule has 1 heterocycles. The summed E-state index contributed by atoms with van der Waals surface area (Å²) in [5, 5.41) is 0. The summed E-state index contributed by atoms with van der Waals surface area (Å²) in [7, 11) is 0. The number of carbonyl (C=O) groups is 1. The number of imidazole rings is 1. The summed E-state index contributed by atoms with van der Waals surface area (Å²) >= 11 is 3.27. The quantitative estimate of drug-likeness (QED) is 0.774. The van der Waals surface area contributed by atoms with Crippen LogP contribution in [-0.4, -0.2) is 15.3 Å². The first-order chi connectivity index (χ1) is 9.49. The van der Waals surface area contributed by atoms with Gasteiger partial charge in [-0.25, -0.2) is 4.98 Å². The molecule has 0 amide bonds. The Kier molecular flexibility index (Phi) is 4.49. The Morgan fingerprint density at radius 3 is 2.90 bits per heavy atom. The van der Waals surface area contributed by atoms with E-state index in [1.165, 1.54) is 19.3 Å². The zero-order chi connectivity index (χ0) is 14.7. The number of Topliss-reactive ketones (excluding diaryl/α,β-unsaturated/α-hetero) is 1. The molecule has 0 bridgehead atoms. The Hall–Kier alpha value is -1.76. The van der Waals surface area contributed by atoms with E-state index in [9.17, 15) is 13.6 Å². The average molecular weight is 345 g/mol. The third-order valence-corrected chi connectivity index (χ3v) is 3.13. The molecule has 0 aliphatic heterocycles. The highest BCUT2D eigenvalue weighted by Gasteiger charge is 2.14. The lowest BCUT2D eigenvalue weighted by Crippen LogP contribution is -2.08. The molecule has 0 spiro atoms. The van der Waals surface area contributed by atoms with Crippen LogP contribution in [-0.2, 0) is 6.61 Å². The summed E-state index contributed by atoms with van der Waals surface area (Å²) < 4.78 is 32.2. The molecule has 20 heavy (non-hydrogen) atoms. The molecule has 0 N–H and O–H groups in total. The average Bonchev–Trinajstić information content (AvgIpc) is 2.84. The minimum Gasteiger partial charge on any atom is -0.485 e. The van der Waals surface area contributed by atoms with Crippen LogP contribution in [0.3, 0.4) is 0 Å². The molecule has 0 radical (unpaired) electrons. The number of hydrogen-bond donors (Lipinski definition) is 0. The zero-order valence-corrected chi connectivity index (χ0v) is 12.1. The number of rotatable bonds is 5. The molecule has 2 rings (SSSR count). The Balaban J connectivity index is 2.20. The van der Waals surface area contributed by atoms with E-state index in [-0.39, 0.29) is 18.2 Å². The van der Waals surface area contributed by atoms with Crippen LogP contribution in [0.4, 0.5) is 8.78 Å². The lowest BCUT2D eigenvalue weighted by Gasteiger charge is -2.11. The van der Waals surface area contributed by atoms with Gasteiger partial charge in [-0.2, -0.15) is 8.78 Å². The van der Waals surface area contributed by atoms with Crippen LogP contribution in [0.1, 0.15) is 29.7 Å². The topological polar surface area (TPSA) is 44.1 Å². The van der Waals surface area contributed by atoms with Gasteiger partial charge in [-0.15, -0.1) is 0 Å². The monoisotopic (exact) mass is 344 g/mol. The molecule has 0 atom stereocenters. The number of nitrogens with zero attached hydrogens (tertiary/aromatic N) is 2. The van der Waals surface area contributed by atoms with E-state index >= 15 is 0 Å². The fourth-order valence-electron chi connectivity index (χ4n) is 1.68. The number of halogens is 3. The van der Waals surface area contributed by atoms with E-state index in [0.717, 1.165) is 4.47 Å². The normalized spacial score (nSPS) is 10.8. The Labute approximate surface area is 122 Å². The van der Waals surface area contributed by atoms with Gasteiger partial charge in [-0.3, -0.25) is 9.36 Å². The molecule has 0 fully saturated rings. The molecule has 0 saturated carbocycles. The van der Waals surface area contributed by atoms with Crippen molar-refractivity contribution in [3.8, 4) is 5.75 Å². The highest BCUT2D eigenvalue weighted by atomic mass is 79.9. The van der Waals surface area contributed by atoms with E-state index in [1.807, 2.05) is 0 Å². The lowest BCUT2D eigenvalue weighted by molar-refractivity contribution is 0.0631. The predicted octanol–water partition coefficient (Wildman–Crippen LogP) is 3.82. The van der Waals surface area contributed by atoms with Crippen molar-refractivity contribution in [2.45, 2.75) is 20.1 Å². The Morgan fingerprint density at radius 2 is 2.25 bits per heavy atom. The van der Waals surface area contributed by atoms with Crippen LogP contribution in [0.5, 0.6) is 5.75 Å². The van der Waals surface area contributed by atoms with Crippen molar-refractivity contribution in [3.05, 3.63) is 46.5 Å². The van der Waals surface area contributed by atoms with Gasteiger partial charge in [0, 0.05) is 16.9 Å². The van der Waals surface area contributed by atoms with Crippen LogP contribution in [0.25, 0.3) is 0 Å². The van der Waals surface area contributed by atoms with Crippen molar-refractivity contribution in [1.29, 1.82) is 0 Å². The third-order valence-electron chi connectivity index (χ3n) is 2.64. The first-order valence-corrected chi connectivity index (χ1v) is 6.51. The highest BCUT2D eigenvalue weighted by Crippen LogP contribution is 2.25. The van der Waals surface area contributed by atoms with E-state index < -0.39 is 6.55 Å². The van der Waals surface area contributed by atoms with Gasteiger partial charge in [0.2, 0.25) is 0 Å². The summed E-state index contributed by atoms with van der Waals surface area (Å²) in [5.41, 5.74) is 0.392. The molecule has 7 heteroatoms. The molecule has 2 aromatic rings. The van der Waals surface area contributed by atoms with Crippen molar-refractivity contribution in [1.82, 2.24) is 9.55 Å². The summed E-state index contributed by atoms with van der Waals surface area (Å²) in [5.74, 6) is 0.259. The van der Waals surface area contributed by atoms with Crippen molar-refractivity contribution in [2.75, 3.05) is 0 Å². The Morgan fingerprint density at radius 1 is 1.50 bits per heavy atom. The van der Waals surface area contributed by atoms with Crippen molar-refractivity contribution in [2.24, 2.45) is 0 Å². The largest absolute Gasteiger partial charge is 0.485 e. The first-order valence-electron chi connectivity index (χ1n) is 5.72. The summed E-state index contributed by atoms with van der Waals surface area (Å²) in [4.78, 5) is 15.3. The van der Waals surface area contributed by atoms with Crippen LogP contribution in [0, 0.1) is 0 Å². The standard InChI is InChI=1S/C13H11BrF2N2O2/c1-8(19)10-3-2-9(14)6-11(10)20-7-12-17-4-5-18(12)13(15)16/h2-6,13H,7H2,1H3. The number of hydrogen-bond acceptors (Lipinski definition) is 3. The fraction of sp³-hybridized carbons (Fsp3) is 0.231. The molecule has 1 aromatic carbocycles. The van der Waals surface area contributed by atoms with Gasteiger partial charge in [0.1, 0.15) is 12.4 Å². The van der Waals surface area contributed by atoms with Gasteiger partial charge in [0.25, 0.3) is 0 Å². The number of ketones is 1. The van der Waals surface area contributed by atoms with Crippen molar-refractivity contribution < 1.29 is 18.3 Å². The van der Waals surface area contributed by atoms with Gasteiger partial charge in [-0.1, -0.05) is 15.9 Å². The van der Waals surface area contributed by atoms with E-state index in [4.69, 9.17) is 4.74 Å². The number of aromatic nitrogens is 2. The second-order valence-electron chi connectivity index (χ2n) is 4.01. The summed E-state index contributed by atoms with van der Waals surface area (Å²) in [6, 6.07) is 4.94. The molecule has 0 saturated heterocycles. The molecule has 106 valence electrons. The van der Waals surface area contributed by atoms with Crippen LogP contribution in [0.2, 0.25) is 0 Å². The minimum absolute atomic E-state index is 0.0921. The smallest absolute Gasteiger partial charge is 0.320 e. The third kappa shape index (κ3) is 3.22. The first kappa shape index (κ1) is 14.6. The maximum Gasteiger partial charge on any atom is 0.320 e. The molecule has 4 nitrogen and oxygen atoms in total. The fourth-order valence-corrected chi connectivity index (χ4v) is 2.02. The number of alkyl halides is 2. The number of ether oxygens (including phenoxy) is 1. The van der Waals surface area contributed by atoms with Gasteiger partial charge in [0.15, 0.2) is 11.6 Å². The maximum atomic E-state index is 12.7. The second-order valence-corrected chi connectivity index (χ2v) is 4.93. The van der Waals surface area contributed by atoms with Crippen molar-refractivity contribution >= 4 is 21.7 Å². The molecule has 0 aliphatic rings. The van der Waals surface area contributed by atoms with Crippen LogP contribution in [0.15, 0.2) is 35.1 Å². The molecular formula is C13H11BrF2N2O2. The molecule has 1 aromatic heterocycles. The highest BCUT2D eigenvalue weighted by molar-refractivity contribution is 9.10. The van der Waals surface area contributed by atoms with Gasteiger partial charge < -0.3 is 4.74 Å². The van der Waals surface area contributed by atoms with Gasteiger partial charge in [0.05, 0.1) is 5.56 Å². The Bertz CT molecular complexity index is 629. The SMILES string of the molecule is CC(=O)c1ccc(Br)cc1OCc1nccn1C(F)F. The summed E-state index contributed by atoms with van der Waals surface area (Å²) in [6.45, 7) is -1.41. The van der Waals surface area contributed by atoms with E-state index in [1.54, 1.807) is 18.2 Å². The van der Waals surface area contributed by atoms with Gasteiger partial charge in [-0.05, 0) is 25.1 Å². The molecular weight excluding hydrogens is 334 g/mol. The lowest BCUT2D eigenvalue weighted by atomic mass is 10.1. The van der Waals surface area contributed by atoms with E-state index in [0.29, 0.717) is 15.9 Å². The minimum atomic E-state index is -2.68. The molecule has 0 aliphatic carbocycles.